The average Bonchev–Trinajstić information content (AvgIpc) is 3.47. The molecule has 0 atom stereocenters. The second kappa shape index (κ2) is 6.71. The number of hydrogen-bond donors (Lipinski definition) is 0. The van der Waals surface area contributed by atoms with Crippen LogP contribution in [-0.2, 0) is 0 Å². The molecule has 2 aromatic heterocycles. The van der Waals surface area contributed by atoms with Crippen molar-refractivity contribution >= 4 is 5.82 Å². The van der Waals surface area contributed by atoms with Crippen LogP contribution in [0.4, 0.5) is 5.82 Å². The summed E-state index contributed by atoms with van der Waals surface area (Å²) in [5.74, 6) is 3.93. The molecule has 1 saturated carbocycles. The number of aromatic nitrogens is 4. The minimum Gasteiger partial charge on any atom is -0.476 e. The van der Waals surface area contributed by atoms with Crippen molar-refractivity contribution in [2.24, 2.45) is 5.92 Å². The molecule has 0 aromatic carbocycles. The van der Waals surface area contributed by atoms with Crippen LogP contribution < -0.4 is 9.64 Å². The molecule has 1 aliphatic carbocycles. The van der Waals surface area contributed by atoms with Gasteiger partial charge in [-0.1, -0.05) is 0 Å². The summed E-state index contributed by atoms with van der Waals surface area (Å²) in [4.78, 5) is 20.0. The third-order valence-electron chi connectivity index (χ3n) is 4.83. The first-order chi connectivity index (χ1) is 11.8. The van der Waals surface area contributed by atoms with Crippen LogP contribution >= 0.6 is 0 Å². The van der Waals surface area contributed by atoms with Gasteiger partial charge in [0.15, 0.2) is 0 Å². The molecule has 24 heavy (non-hydrogen) atoms. The van der Waals surface area contributed by atoms with Crippen LogP contribution in [0.25, 0.3) is 0 Å². The molecule has 0 bridgehead atoms. The molecule has 0 unspecified atom stereocenters. The Morgan fingerprint density at radius 1 is 1.04 bits per heavy atom. The van der Waals surface area contributed by atoms with Crippen LogP contribution in [0, 0.1) is 12.8 Å². The number of nitrogens with zero attached hydrogens (tertiary/aromatic N) is 5. The van der Waals surface area contributed by atoms with Crippen LogP contribution in [0.3, 0.4) is 0 Å². The van der Waals surface area contributed by atoms with Crippen molar-refractivity contribution < 1.29 is 4.74 Å². The summed E-state index contributed by atoms with van der Waals surface area (Å²) in [6.45, 7) is 4.69. The van der Waals surface area contributed by atoms with E-state index in [9.17, 15) is 0 Å². The van der Waals surface area contributed by atoms with Crippen LogP contribution in [0.2, 0.25) is 0 Å². The summed E-state index contributed by atoms with van der Waals surface area (Å²) < 4.78 is 5.86. The Labute approximate surface area is 142 Å². The summed E-state index contributed by atoms with van der Waals surface area (Å²) in [6.07, 6.45) is 9.98. The predicted octanol–water partition coefficient (Wildman–Crippen LogP) is 2.75. The Balaban J connectivity index is 1.30. The predicted molar refractivity (Wildman–Crippen MR) is 91.2 cm³/mol. The van der Waals surface area contributed by atoms with Gasteiger partial charge in [-0.25, -0.2) is 15.0 Å². The fourth-order valence-corrected chi connectivity index (χ4v) is 3.14. The van der Waals surface area contributed by atoms with Gasteiger partial charge in [-0.3, -0.25) is 4.98 Å². The van der Waals surface area contributed by atoms with Crippen molar-refractivity contribution in [2.75, 3.05) is 24.6 Å². The third-order valence-corrected chi connectivity index (χ3v) is 4.83. The number of rotatable bonds is 5. The maximum Gasteiger partial charge on any atom is 0.235 e. The zero-order valence-corrected chi connectivity index (χ0v) is 14.1. The van der Waals surface area contributed by atoms with E-state index in [1.165, 1.54) is 12.8 Å². The topological polar surface area (TPSA) is 64.0 Å². The van der Waals surface area contributed by atoms with Gasteiger partial charge < -0.3 is 9.64 Å². The van der Waals surface area contributed by atoms with Gasteiger partial charge >= 0.3 is 0 Å². The zero-order chi connectivity index (χ0) is 16.4. The fourth-order valence-electron chi connectivity index (χ4n) is 3.14. The van der Waals surface area contributed by atoms with E-state index in [0.717, 1.165) is 43.3 Å². The summed E-state index contributed by atoms with van der Waals surface area (Å²) in [5.41, 5.74) is 0.850. The SMILES string of the molecule is Cc1nccnc1OCC1CCN(c2ccnc(C3CC3)n2)CC1. The zero-order valence-electron chi connectivity index (χ0n) is 14.1. The minimum atomic E-state index is 0.562. The number of piperidine rings is 1. The van der Waals surface area contributed by atoms with E-state index < -0.39 is 0 Å². The summed E-state index contributed by atoms with van der Waals surface area (Å²) in [6, 6.07) is 2.03. The average molecular weight is 325 g/mol. The van der Waals surface area contributed by atoms with Crippen molar-refractivity contribution in [1.29, 1.82) is 0 Å². The lowest BCUT2D eigenvalue weighted by Crippen LogP contribution is -2.36. The van der Waals surface area contributed by atoms with Gasteiger partial charge in [-0.05, 0) is 44.6 Å². The second-order valence-electron chi connectivity index (χ2n) is 6.74. The molecule has 3 heterocycles. The van der Waals surface area contributed by atoms with Gasteiger partial charge in [0.05, 0.1) is 12.3 Å². The van der Waals surface area contributed by atoms with Crippen molar-refractivity contribution in [3.8, 4) is 5.88 Å². The lowest BCUT2D eigenvalue weighted by atomic mass is 9.98. The quantitative estimate of drug-likeness (QED) is 0.842. The molecule has 6 heteroatoms. The molecule has 0 amide bonds. The number of hydrogen-bond acceptors (Lipinski definition) is 6. The second-order valence-corrected chi connectivity index (χ2v) is 6.74. The Hall–Kier alpha value is -2.24. The standard InChI is InChI=1S/C18H23N5O/c1-13-18(21-9-8-19-13)24-12-14-5-10-23(11-6-14)16-4-7-20-17(22-16)15-2-3-15/h4,7-9,14-15H,2-3,5-6,10-12H2,1H3. The normalized spacial score (nSPS) is 18.6. The smallest absolute Gasteiger partial charge is 0.235 e. The molecule has 2 aliphatic rings. The number of aryl methyl sites for hydroxylation is 1. The molecule has 0 spiro atoms. The molecule has 4 rings (SSSR count). The molecule has 6 nitrogen and oxygen atoms in total. The Morgan fingerprint density at radius 3 is 2.58 bits per heavy atom. The molecule has 1 aliphatic heterocycles. The first-order valence-corrected chi connectivity index (χ1v) is 8.78. The van der Waals surface area contributed by atoms with Crippen molar-refractivity contribution in [3.05, 3.63) is 36.2 Å². The Kier molecular flexibility index (Phi) is 4.28. The van der Waals surface area contributed by atoms with Crippen LogP contribution in [0.5, 0.6) is 5.88 Å². The van der Waals surface area contributed by atoms with Gasteiger partial charge in [-0.15, -0.1) is 0 Å². The maximum atomic E-state index is 5.86. The van der Waals surface area contributed by atoms with Crippen LogP contribution in [0.15, 0.2) is 24.7 Å². The summed E-state index contributed by atoms with van der Waals surface area (Å²) in [7, 11) is 0. The highest BCUT2D eigenvalue weighted by Crippen LogP contribution is 2.38. The summed E-state index contributed by atoms with van der Waals surface area (Å²) in [5, 5.41) is 0. The largest absolute Gasteiger partial charge is 0.476 e. The van der Waals surface area contributed by atoms with Crippen LogP contribution in [0.1, 0.15) is 43.1 Å². The van der Waals surface area contributed by atoms with Gasteiger partial charge in [0.25, 0.3) is 0 Å². The Bertz CT molecular complexity index is 695. The first kappa shape index (κ1) is 15.3. The number of anilines is 1. The Morgan fingerprint density at radius 2 is 1.83 bits per heavy atom. The van der Waals surface area contributed by atoms with Crippen molar-refractivity contribution in [1.82, 2.24) is 19.9 Å². The van der Waals surface area contributed by atoms with Crippen molar-refractivity contribution in [3.63, 3.8) is 0 Å². The first-order valence-electron chi connectivity index (χ1n) is 8.78. The highest BCUT2D eigenvalue weighted by molar-refractivity contribution is 5.38. The lowest BCUT2D eigenvalue weighted by molar-refractivity contribution is 0.214. The van der Waals surface area contributed by atoms with Gasteiger partial charge in [0.2, 0.25) is 5.88 Å². The van der Waals surface area contributed by atoms with E-state index in [0.29, 0.717) is 24.3 Å². The molecule has 1 saturated heterocycles. The minimum absolute atomic E-state index is 0.562. The van der Waals surface area contributed by atoms with Gasteiger partial charge in [-0.2, -0.15) is 0 Å². The molecule has 0 radical (unpaired) electrons. The van der Waals surface area contributed by atoms with E-state index in [4.69, 9.17) is 9.72 Å². The molecule has 126 valence electrons. The highest BCUT2D eigenvalue weighted by Gasteiger charge is 2.27. The van der Waals surface area contributed by atoms with E-state index in [2.05, 4.69) is 19.9 Å². The molecule has 2 fully saturated rings. The summed E-state index contributed by atoms with van der Waals surface area (Å²) >= 11 is 0. The molecule has 2 aromatic rings. The van der Waals surface area contributed by atoms with Crippen molar-refractivity contribution in [2.45, 2.75) is 38.5 Å². The third kappa shape index (κ3) is 3.47. The number of ether oxygens (including phenoxy) is 1. The molecule has 0 N–H and O–H groups in total. The molecular weight excluding hydrogens is 302 g/mol. The van der Waals surface area contributed by atoms with Gasteiger partial charge in [0.1, 0.15) is 11.6 Å². The fraction of sp³-hybridized carbons (Fsp3) is 0.556. The van der Waals surface area contributed by atoms with Crippen LogP contribution in [-0.4, -0.2) is 39.6 Å². The van der Waals surface area contributed by atoms with E-state index in [-0.39, 0.29) is 0 Å². The van der Waals surface area contributed by atoms with E-state index in [1.54, 1.807) is 12.4 Å². The van der Waals surface area contributed by atoms with Gasteiger partial charge in [0, 0.05) is 37.6 Å². The highest BCUT2D eigenvalue weighted by atomic mass is 16.5. The van der Waals surface area contributed by atoms with E-state index in [1.807, 2.05) is 19.2 Å². The maximum absolute atomic E-state index is 5.86. The molecular formula is C18H23N5O. The van der Waals surface area contributed by atoms with E-state index >= 15 is 0 Å². The lowest BCUT2D eigenvalue weighted by Gasteiger charge is -2.32. The monoisotopic (exact) mass is 325 g/mol.